The molecule has 0 N–H and O–H groups in total. The van der Waals surface area contributed by atoms with Crippen LogP contribution in [-0.2, 0) is 6.54 Å². The summed E-state index contributed by atoms with van der Waals surface area (Å²) in [6, 6.07) is 10.0. The molecule has 22 heavy (non-hydrogen) atoms. The highest BCUT2D eigenvalue weighted by Gasteiger charge is 2.30. The van der Waals surface area contributed by atoms with Crippen molar-refractivity contribution < 1.29 is 0 Å². The van der Waals surface area contributed by atoms with Gasteiger partial charge in [-0.1, -0.05) is 31.5 Å². The Morgan fingerprint density at radius 1 is 1.18 bits per heavy atom. The molecule has 1 atom stereocenters. The fourth-order valence-corrected chi connectivity index (χ4v) is 2.27. The Morgan fingerprint density at radius 3 is 2.41 bits per heavy atom. The fraction of sp³-hybridized carbons (Fsp3) is 0.438. The lowest BCUT2D eigenvalue weighted by Crippen LogP contribution is -2.43. The average molecular weight is 324 g/mol. The maximum Gasteiger partial charge on any atom is 0.355 e. The Balaban J connectivity index is 0.00000242. The molecule has 120 valence electrons. The molecule has 0 aliphatic rings. The number of hydrogen-bond donors (Lipinski definition) is 0. The topological polar surface area (TPSA) is 47.8 Å². The monoisotopic (exact) mass is 323 g/mol. The van der Waals surface area contributed by atoms with Crippen molar-refractivity contribution in [1.29, 1.82) is 0 Å². The minimum atomic E-state index is -0.220. The molecule has 1 aromatic heterocycles. The molecule has 0 spiro atoms. The highest BCUT2D eigenvalue weighted by Crippen LogP contribution is 2.27. The molecule has 0 aliphatic carbocycles. The summed E-state index contributed by atoms with van der Waals surface area (Å²) in [6.07, 6.45) is 3.62. The van der Waals surface area contributed by atoms with Gasteiger partial charge in [-0.3, -0.25) is 4.57 Å². The lowest BCUT2D eigenvalue weighted by Gasteiger charge is -2.29. The molecule has 0 amide bonds. The van der Waals surface area contributed by atoms with Crippen LogP contribution in [-0.4, -0.2) is 28.1 Å². The maximum absolute atomic E-state index is 12.1. The summed E-state index contributed by atoms with van der Waals surface area (Å²) in [7, 11) is 2.03. The van der Waals surface area contributed by atoms with Gasteiger partial charge in [0, 0.05) is 6.54 Å². The van der Waals surface area contributed by atoms with Crippen LogP contribution in [0.3, 0.4) is 0 Å². The molecule has 2 aromatic rings. The Morgan fingerprint density at radius 2 is 1.86 bits per heavy atom. The van der Waals surface area contributed by atoms with Crippen LogP contribution in [0.4, 0.5) is 11.6 Å². The number of unbranched alkanes of at least 4 members (excludes halogenated alkanes) is 1. The van der Waals surface area contributed by atoms with Crippen LogP contribution < -0.4 is 10.2 Å². The van der Waals surface area contributed by atoms with Crippen molar-refractivity contribution >= 4 is 24.0 Å². The lowest BCUT2D eigenvalue weighted by atomic mass is 10.2. The number of aryl methyl sites for hydroxylation is 1. The summed E-state index contributed by atoms with van der Waals surface area (Å²) in [5.41, 5.74) is 0.855. The molecular weight excluding hydrogens is 300 g/mol. The lowest BCUT2D eigenvalue weighted by molar-refractivity contribution is 0.445. The molecule has 5 nitrogen and oxygen atoms in total. The van der Waals surface area contributed by atoms with E-state index in [4.69, 9.17) is 0 Å². The van der Waals surface area contributed by atoms with Crippen LogP contribution in [0.25, 0.3) is 0 Å². The molecule has 1 unspecified atom stereocenters. The zero-order valence-corrected chi connectivity index (χ0v) is 14.2. The third-order valence-electron chi connectivity index (χ3n) is 3.91. The van der Waals surface area contributed by atoms with Crippen molar-refractivity contribution in [3.05, 3.63) is 47.1 Å². The Bertz CT molecular complexity index is 644. The second-order valence-electron chi connectivity index (χ2n) is 5.33. The van der Waals surface area contributed by atoms with Crippen molar-refractivity contribution in [1.82, 2.24) is 19.0 Å². The first-order valence-electron chi connectivity index (χ1n) is 7.47. The molecule has 0 aliphatic heterocycles. The van der Waals surface area contributed by atoms with Gasteiger partial charge in [-0.25, -0.2) is 9.28 Å². The van der Waals surface area contributed by atoms with E-state index in [-0.39, 0.29) is 18.1 Å². The first-order valence-corrected chi connectivity index (χ1v) is 7.47. The molecule has 6 heteroatoms. The minimum Gasteiger partial charge on any atom is -0.282 e. The van der Waals surface area contributed by atoms with Gasteiger partial charge in [0.25, 0.3) is 0 Å². The van der Waals surface area contributed by atoms with Crippen molar-refractivity contribution in [3.63, 3.8) is 0 Å². The van der Waals surface area contributed by atoms with Crippen molar-refractivity contribution in [2.24, 2.45) is 0 Å². The van der Waals surface area contributed by atoms with E-state index in [1.165, 1.54) is 0 Å². The van der Waals surface area contributed by atoms with Gasteiger partial charge < -0.3 is 0 Å². The second-order valence-corrected chi connectivity index (χ2v) is 5.33. The van der Waals surface area contributed by atoms with E-state index >= 15 is 0 Å². The van der Waals surface area contributed by atoms with E-state index in [0.29, 0.717) is 17.0 Å². The Kier molecular flexibility index (Phi) is 6.71. The SMILES string of the molecule is CCCCn1cnc([N+](C)(CC)c2ccccc2)nc1=O.Cl. The number of hydrogen-bond acceptors (Lipinski definition) is 3. The number of quaternary nitrogens is 1. The van der Waals surface area contributed by atoms with E-state index in [9.17, 15) is 4.79 Å². The van der Waals surface area contributed by atoms with Crippen molar-refractivity contribution in [2.45, 2.75) is 33.2 Å². The average Bonchev–Trinajstić information content (AvgIpc) is 2.53. The van der Waals surface area contributed by atoms with Gasteiger partial charge in [-0.15, -0.1) is 17.4 Å². The highest BCUT2D eigenvalue weighted by atomic mass is 35.5. The second kappa shape index (κ2) is 8.06. The van der Waals surface area contributed by atoms with Gasteiger partial charge in [0.2, 0.25) is 0 Å². The number of aromatic nitrogens is 3. The number of para-hydroxylation sites is 1. The standard InChI is InChI=1S/C16H23N4O.ClH/c1-4-6-12-19-13-17-15(18-16(19)21)20(3,5-2)14-10-8-7-9-11-14;/h7-11,13H,4-6,12H2,1-3H3;1H/q+1;. The summed E-state index contributed by atoms with van der Waals surface area (Å²) >= 11 is 0. The van der Waals surface area contributed by atoms with E-state index in [1.807, 2.05) is 37.4 Å². The predicted molar refractivity (Wildman–Crippen MR) is 92.8 cm³/mol. The first kappa shape index (κ1) is 18.3. The molecular formula is C16H24ClN4O+. The van der Waals surface area contributed by atoms with Gasteiger partial charge in [0.05, 0.1) is 13.6 Å². The van der Waals surface area contributed by atoms with E-state index < -0.39 is 0 Å². The van der Waals surface area contributed by atoms with Crippen molar-refractivity contribution in [3.8, 4) is 0 Å². The first-order chi connectivity index (χ1) is 10.1. The van der Waals surface area contributed by atoms with Crippen molar-refractivity contribution in [2.75, 3.05) is 13.6 Å². The van der Waals surface area contributed by atoms with E-state index in [2.05, 4.69) is 23.8 Å². The Hall–Kier alpha value is -1.72. The van der Waals surface area contributed by atoms with E-state index in [0.717, 1.165) is 25.1 Å². The predicted octanol–water partition coefficient (Wildman–Crippen LogP) is 3.15. The van der Waals surface area contributed by atoms with Crippen LogP contribution in [0.5, 0.6) is 0 Å². The number of rotatable bonds is 6. The quantitative estimate of drug-likeness (QED) is 0.767. The van der Waals surface area contributed by atoms with Crippen LogP contribution in [0.15, 0.2) is 41.5 Å². The summed E-state index contributed by atoms with van der Waals surface area (Å²) in [4.78, 5) is 20.8. The smallest absolute Gasteiger partial charge is 0.282 e. The van der Waals surface area contributed by atoms with Gasteiger partial charge in [0.1, 0.15) is 12.0 Å². The van der Waals surface area contributed by atoms with Gasteiger partial charge in [0.15, 0.2) is 0 Å². The molecule has 2 rings (SSSR count). The van der Waals surface area contributed by atoms with Crippen LogP contribution in [0.2, 0.25) is 0 Å². The normalized spacial score (nSPS) is 13.2. The largest absolute Gasteiger partial charge is 0.355 e. The number of halogens is 1. The van der Waals surface area contributed by atoms with Crippen LogP contribution >= 0.6 is 12.4 Å². The maximum atomic E-state index is 12.1. The summed E-state index contributed by atoms with van der Waals surface area (Å²) < 4.78 is 2.00. The van der Waals surface area contributed by atoms with Gasteiger partial charge in [-0.2, -0.15) is 4.98 Å². The molecule has 1 heterocycles. The van der Waals surface area contributed by atoms with Gasteiger partial charge >= 0.3 is 11.6 Å². The highest BCUT2D eigenvalue weighted by molar-refractivity contribution is 5.85. The van der Waals surface area contributed by atoms with Crippen LogP contribution in [0.1, 0.15) is 26.7 Å². The zero-order valence-electron chi connectivity index (χ0n) is 13.4. The number of nitrogens with zero attached hydrogens (tertiary/aromatic N) is 4. The minimum absolute atomic E-state index is 0. The summed E-state index contributed by atoms with van der Waals surface area (Å²) in [5.74, 6) is 0.543. The molecule has 0 saturated carbocycles. The van der Waals surface area contributed by atoms with Gasteiger partial charge in [-0.05, 0) is 25.5 Å². The Labute approximate surface area is 137 Å². The molecule has 0 saturated heterocycles. The molecule has 0 radical (unpaired) electrons. The molecule has 0 fully saturated rings. The molecule has 0 bridgehead atoms. The van der Waals surface area contributed by atoms with E-state index in [1.54, 1.807) is 10.9 Å². The zero-order chi connectivity index (χ0) is 15.3. The summed E-state index contributed by atoms with van der Waals surface area (Å²) in [6.45, 7) is 5.62. The molecule has 1 aromatic carbocycles. The summed E-state index contributed by atoms with van der Waals surface area (Å²) in [5, 5.41) is 0. The third kappa shape index (κ3) is 3.72. The third-order valence-corrected chi connectivity index (χ3v) is 3.91. The number of benzene rings is 1. The fourth-order valence-electron chi connectivity index (χ4n) is 2.27. The van der Waals surface area contributed by atoms with Crippen LogP contribution in [0, 0.1) is 0 Å².